The number of rotatable bonds is 7. The Kier molecular flexibility index (Phi) is 5.79. The zero-order valence-electron chi connectivity index (χ0n) is 16.4. The van der Waals surface area contributed by atoms with E-state index in [1.54, 1.807) is 31.4 Å². The molecule has 0 radical (unpaired) electrons. The van der Waals surface area contributed by atoms with Gasteiger partial charge in [-0.2, -0.15) is 0 Å². The molecule has 0 spiro atoms. The number of para-hydroxylation sites is 2. The van der Waals surface area contributed by atoms with E-state index in [0.29, 0.717) is 11.5 Å². The van der Waals surface area contributed by atoms with Gasteiger partial charge in [0.25, 0.3) is 5.91 Å². The molecule has 1 aromatic heterocycles. The van der Waals surface area contributed by atoms with Crippen LogP contribution in [0.4, 0.5) is 0 Å². The molecule has 0 saturated carbocycles. The van der Waals surface area contributed by atoms with E-state index in [0.717, 1.165) is 35.6 Å². The van der Waals surface area contributed by atoms with E-state index in [1.165, 1.54) is 0 Å². The summed E-state index contributed by atoms with van der Waals surface area (Å²) in [7, 11) is 1.61. The van der Waals surface area contributed by atoms with Gasteiger partial charge >= 0.3 is 0 Å². The summed E-state index contributed by atoms with van der Waals surface area (Å²) in [5.74, 6) is 2.03. The van der Waals surface area contributed by atoms with E-state index in [-0.39, 0.29) is 11.9 Å². The number of hydrogen-bond acceptors (Lipinski definition) is 3. The summed E-state index contributed by atoms with van der Waals surface area (Å²) in [6.07, 6.45) is 1.10. The summed E-state index contributed by atoms with van der Waals surface area (Å²) in [6.45, 7) is 7.29. The monoisotopic (exact) mass is 365 g/mol. The Morgan fingerprint density at radius 3 is 2.52 bits per heavy atom. The standard InChI is InChI=1S/C22H27N3O2/c1-5-15(2)14-25-20-9-7-6-8-19(20)24-21(25)16(3)23-22(26)17-10-12-18(27-4)13-11-17/h6-13,15-16H,5,14H2,1-4H3,(H,23,26). The number of methoxy groups -OCH3 is 1. The van der Waals surface area contributed by atoms with Crippen LogP contribution in [0.1, 0.15) is 49.4 Å². The first-order valence-corrected chi connectivity index (χ1v) is 9.43. The molecule has 1 amide bonds. The van der Waals surface area contributed by atoms with Gasteiger partial charge in [-0.3, -0.25) is 4.79 Å². The Bertz CT molecular complexity index is 915. The topological polar surface area (TPSA) is 56.2 Å². The van der Waals surface area contributed by atoms with E-state index < -0.39 is 0 Å². The fraction of sp³-hybridized carbons (Fsp3) is 0.364. The Labute approximate surface area is 160 Å². The highest BCUT2D eigenvalue weighted by atomic mass is 16.5. The number of carbonyl (C=O) groups excluding carboxylic acids is 1. The fourth-order valence-corrected chi connectivity index (χ4v) is 3.14. The third-order valence-electron chi connectivity index (χ3n) is 4.96. The largest absolute Gasteiger partial charge is 0.497 e. The molecule has 142 valence electrons. The molecule has 5 nitrogen and oxygen atoms in total. The highest BCUT2D eigenvalue weighted by Gasteiger charge is 2.20. The maximum absolute atomic E-state index is 12.6. The SMILES string of the molecule is CCC(C)Cn1c(C(C)NC(=O)c2ccc(OC)cc2)nc2ccccc21. The Balaban J connectivity index is 1.86. The second kappa shape index (κ2) is 8.25. The molecular formula is C22H27N3O2. The third kappa shape index (κ3) is 4.13. The van der Waals surface area contributed by atoms with Crippen LogP contribution >= 0.6 is 0 Å². The van der Waals surface area contributed by atoms with Crippen LogP contribution in [-0.2, 0) is 6.54 Å². The van der Waals surface area contributed by atoms with Crippen molar-refractivity contribution in [2.75, 3.05) is 7.11 Å². The first kappa shape index (κ1) is 19.0. The molecule has 0 fully saturated rings. The van der Waals surface area contributed by atoms with Crippen LogP contribution in [0, 0.1) is 5.92 Å². The zero-order chi connectivity index (χ0) is 19.4. The van der Waals surface area contributed by atoms with Gasteiger partial charge in [0.1, 0.15) is 11.6 Å². The lowest BCUT2D eigenvalue weighted by molar-refractivity contribution is 0.0937. The average Bonchev–Trinajstić information content (AvgIpc) is 3.06. The molecule has 0 aliphatic carbocycles. The Morgan fingerprint density at radius 2 is 1.85 bits per heavy atom. The van der Waals surface area contributed by atoms with Crippen molar-refractivity contribution in [3.8, 4) is 5.75 Å². The number of nitrogens with zero attached hydrogens (tertiary/aromatic N) is 2. The molecule has 0 saturated heterocycles. The quantitative estimate of drug-likeness (QED) is 0.667. The molecule has 5 heteroatoms. The average molecular weight is 365 g/mol. The number of amides is 1. The van der Waals surface area contributed by atoms with Crippen LogP contribution in [0.3, 0.4) is 0 Å². The van der Waals surface area contributed by atoms with Crippen molar-refractivity contribution >= 4 is 16.9 Å². The van der Waals surface area contributed by atoms with Crippen LogP contribution in [0.5, 0.6) is 5.75 Å². The van der Waals surface area contributed by atoms with Gasteiger partial charge in [-0.25, -0.2) is 4.98 Å². The number of hydrogen-bond donors (Lipinski definition) is 1. The fourth-order valence-electron chi connectivity index (χ4n) is 3.14. The number of benzene rings is 2. The van der Waals surface area contributed by atoms with Crippen LogP contribution in [0.15, 0.2) is 48.5 Å². The van der Waals surface area contributed by atoms with E-state index in [4.69, 9.17) is 9.72 Å². The molecule has 2 atom stereocenters. The van der Waals surface area contributed by atoms with Crippen molar-refractivity contribution in [2.45, 2.75) is 39.8 Å². The van der Waals surface area contributed by atoms with E-state index in [9.17, 15) is 4.79 Å². The molecule has 3 aromatic rings. The van der Waals surface area contributed by atoms with Gasteiger partial charge in [-0.1, -0.05) is 32.4 Å². The van der Waals surface area contributed by atoms with Gasteiger partial charge in [-0.05, 0) is 49.2 Å². The van der Waals surface area contributed by atoms with Crippen molar-refractivity contribution in [3.63, 3.8) is 0 Å². The zero-order valence-corrected chi connectivity index (χ0v) is 16.4. The first-order chi connectivity index (χ1) is 13.0. The summed E-state index contributed by atoms with van der Waals surface area (Å²) in [5, 5.41) is 3.08. The van der Waals surface area contributed by atoms with E-state index in [1.807, 2.05) is 25.1 Å². The van der Waals surface area contributed by atoms with Crippen molar-refractivity contribution in [1.82, 2.24) is 14.9 Å². The molecule has 3 rings (SSSR count). The highest BCUT2D eigenvalue weighted by Crippen LogP contribution is 2.23. The molecular weight excluding hydrogens is 338 g/mol. The second-order valence-electron chi connectivity index (χ2n) is 7.01. The number of nitrogens with one attached hydrogen (secondary N) is 1. The highest BCUT2D eigenvalue weighted by molar-refractivity contribution is 5.94. The second-order valence-corrected chi connectivity index (χ2v) is 7.01. The van der Waals surface area contributed by atoms with Gasteiger partial charge in [-0.15, -0.1) is 0 Å². The molecule has 0 aliphatic heterocycles. The van der Waals surface area contributed by atoms with Crippen LogP contribution < -0.4 is 10.1 Å². The summed E-state index contributed by atoms with van der Waals surface area (Å²) >= 11 is 0. The molecule has 0 aliphatic rings. The Hall–Kier alpha value is -2.82. The summed E-state index contributed by atoms with van der Waals surface area (Å²) in [4.78, 5) is 17.4. The predicted octanol–water partition coefficient (Wildman–Crippen LogP) is 4.58. The third-order valence-corrected chi connectivity index (χ3v) is 4.96. The molecule has 2 unspecified atom stereocenters. The number of carbonyl (C=O) groups is 1. The summed E-state index contributed by atoms with van der Waals surface area (Å²) < 4.78 is 7.39. The summed E-state index contributed by atoms with van der Waals surface area (Å²) in [5.41, 5.74) is 2.67. The maximum Gasteiger partial charge on any atom is 0.251 e. The van der Waals surface area contributed by atoms with Crippen LogP contribution in [-0.4, -0.2) is 22.6 Å². The number of imidazole rings is 1. The van der Waals surface area contributed by atoms with E-state index in [2.05, 4.69) is 29.8 Å². The van der Waals surface area contributed by atoms with Crippen molar-refractivity contribution in [3.05, 3.63) is 59.9 Å². The lowest BCUT2D eigenvalue weighted by Crippen LogP contribution is -2.29. The predicted molar refractivity (Wildman–Crippen MR) is 108 cm³/mol. The van der Waals surface area contributed by atoms with Gasteiger partial charge in [0.15, 0.2) is 0 Å². The first-order valence-electron chi connectivity index (χ1n) is 9.43. The molecule has 1 N–H and O–H groups in total. The minimum Gasteiger partial charge on any atom is -0.497 e. The smallest absolute Gasteiger partial charge is 0.251 e. The molecule has 1 heterocycles. The number of aromatic nitrogens is 2. The van der Waals surface area contributed by atoms with Gasteiger partial charge < -0.3 is 14.6 Å². The number of fused-ring (bicyclic) bond motifs is 1. The van der Waals surface area contributed by atoms with Crippen molar-refractivity contribution < 1.29 is 9.53 Å². The van der Waals surface area contributed by atoms with E-state index >= 15 is 0 Å². The minimum atomic E-state index is -0.198. The molecule has 0 bridgehead atoms. The number of ether oxygens (including phenoxy) is 1. The molecule has 2 aromatic carbocycles. The molecule has 27 heavy (non-hydrogen) atoms. The van der Waals surface area contributed by atoms with Gasteiger partial charge in [0.2, 0.25) is 0 Å². The normalized spacial score (nSPS) is 13.3. The van der Waals surface area contributed by atoms with Gasteiger partial charge in [0, 0.05) is 12.1 Å². The van der Waals surface area contributed by atoms with Gasteiger partial charge in [0.05, 0.1) is 24.2 Å². The van der Waals surface area contributed by atoms with Crippen LogP contribution in [0.25, 0.3) is 11.0 Å². The lowest BCUT2D eigenvalue weighted by Gasteiger charge is -2.18. The lowest BCUT2D eigenvalue weighted by atomic mass is 10.1. The Morgan fingerprint density at radius 1 is 1.15 bits per heavy atom. The summed E-state index contributed by atoms with van der Waals surface area (Å²) in [6, 6.07) is 15.0. The maximum atomic E-state index is 12.6. The van der Waals surface area contributed by atoms with Crippen molar-refractivity contribution in [2.24, 2.45) is 5.92 Å². The minimum absolute atomic E-state index is 0.118. The van der Waals surface area contributed by atoms with Crippen LogP contribution in [0.2, 0.25) is 0 Å². The van der Waals surface area contributed by atoms with Crippen molar-refractivity contribution in [1.29, 1.82) is 0 Å².